The molecule has 3 atom stereocenters. The molecule has 0 aromatic rings. The summed E-state index contributed by atoms with van der Waals surface area (Å²) in [4.78, 5) is 33.6. The molecule has 0 saturated carbocycles. The second-order valence-corrected chi connectivity index (χ2v) is 18.8. The molecule has 0 amide bonds. The fourth-order valence-corrected chi connectivity index (χ4v) is 8.06. The van der Waals surface area contributed by atoms with Crippen molar-refractivity contribution < 1.29 is 42.7 Å². The first-order valence-corrected chi connectivity index (χ1v) is 26.9. The van der Waals surface area contributed by atoms with Crippen molar-refractivity contribution in [2.75, 3.05) is 26.4 Å². The van der Waals surface area contributed by atoms with Crippen LogP contribution in [0.5, 0.6) is 0 Å². The van der Waals surface area contributed by atoms with E-state index in [0.29, 0.717) is 13.0 Å². The van der Waals surface area contributed by atoms with Gasteiger partial charge < -0.3 is 25.2 Å². The number of carbonyl (C=O) groups is 2. The van der Waals surface area contributed by atoms with Gasteiger partial charge in [0.15, 0.2) is 0 Å². The number of ether oxygens (including phenoxy) is 2. The van der Waals surface area contributed by atoms with E-state index in [1.54, 1.807) is 0 Å². The summed E-state index contributed by atoms with van der Waals surface area (Å²) in [5.41, 5.74) is 5.37. The van der Waals surface area contributed by atoms with E-state index in [0.717, 1.165) is 57.8 Å². The van der Waals surface area contributed by atoms with Gasteiger partial charge in [-0.1, -0.05) is 218 Å². The van der Waals surface area contributed by atoms with Crippen LogP contribution in [0.15, 0.2) is 24.3 Å². The number of phosphoric ester groups is 1. The number of phosphoric acid groups is 1. The van der Waals surface area contributed by atoms with E-state index in [1.807, 2.05) is 0 Å². The first kappa shape index (κ1) is 59.5. The molecule has 10 nitrogen and oxygen atoms in total. The number of rotatable bonds is 49. The molecule has 61 heavy (non-hydrogen) atoms. The predicted octanol–water partition coefficient (Wildman–Crippen LogP) is 14.7. The Kier molecular flexibility index (Phi) is 45.3. The van der Waals surface area contributed by atoms with Gasteiger partial charge in [0.05, 0.1) is 19.8 Å². The Morgan fingerprint density at radius 2 is 0.902 bits per heavy atom. The molecule has 0 saturated heterocycles. The minimum absolute atomic E-state index is 0.0158. The topological polar surface area (TPSA) is 155 Å². The first-order chi connectivity index (χ1) is 29.7. The maximum atomic E-state index is 12.7. The summed E-state index contributed by atoms with van der Waals surface area (Å²) in [5, 5.41) is 8.92. The Morgan fingerprint density at radius 1 is 0.525 bits per heavy atom. The lowest BCUT2D eigenvalue weighted by Crippen LogP contribution is -2.34. The molecule has 0 aliphatic heterocycles. The number of aliphatic carboxylic acids is 1. The van der Waals surface area contributed by atoms with Gasteiger partial charge in [0.1, 0.15) is 12.1 Å². The van der Waals surface area contributed by atoms with Gasteiger partial charge in [0.2, 0.25) is 0 Å². The van der Waals surface area contributed by atoms with Crippen molar-refractivity contribution in [3.8, 4) is 0 Å². The zero-order valence-electron chi connectivity index (χ0n) is 39.5. The van der Waals surface area contributed by atoms with Gasteiger partial charge in [-0.05, 0) is 44.9 Å². The van der Waals surface area contributed by atoms with Crippen molar-refractivity contribution in [3.63, 3.8) is 0 Å². The van der Waals surface area contributed by atoms with Crippen LogP contribution in [0.2, 0.25) is 0 Å². The lowest BCUT2D eigenvalue weighted by molar-refractivity contribution is -0.154. The molecule has 0 radical (unpaired) electrons. The minimum Gasteiger partial charge on any atom is -0.480 e. The zero-order chi connectivity index (χ0) is 44.8. The van der Waals surface area contributed by atoms with Crippen molar-refractivity contribution in [3.05, 3.63) is 24.3 Å². The lowest BCUT2D eigenvalue weighted by atomic mass is 10.0. The van der Waals surface area contributed by atoms with Crippen LogP contribution < -0.4 is 5.73 Å². The molecule has 0 aromatic heterocycles. The maximum Gasteiger partial charge on any atom is 0.472 e. The Labute approximate surface area is 374 Å². The SMILES string of the molecule is CCCCC/C=C\C/C=C\CCCCCCCC(=O)OC(COCCCCCCCCCCCCCCCCCCCCCCCCCC)COP(=O)(O)OCC(N)C(=O)O. The molecule has 360 valence electrons. The predicted molar refractivity (Wildman–Crippen MR) is 254 cm³/mol. The largest absolute Gasteiger partial charge is 0.480 e. The highest BCUT2D eigenvalue weighted by atomic mass is 31.2. The molecule has 0 aromatic carbocycles. The highest BCUT2D eigenvalue weighted by molar-refractivity contribution is 7.47. The van der Waals surface area contributed by atoms with Gasteiger partial charge in [-0.15, -0.1) is 0 Å². The highest BCUT2D eigenvalue weighted by Gasteiger charge is 2.27. The monoisotopic (exact) mass is 886 g/mol. The third-order valence-corrected chi connectivity index (χ3v) is 12.2. The third-order valence-electron chi connectivity index (χ3n) is 11.2. The molecular weight excluding hydrogens is 790 g/mol. The average Bonchev–Trinajstić information content (AvgIpc) is 3.24. The number of carboxylic acids is 1. The molecule has 0 rings (SSSR count). The van der Waals surface area contributed by atoms with Crippen LogP contribution in [0.1, 0.15) is 245 Å². The van der Waals surface area contributed by atoms with E-state index in [2.05, 4.69) is 38.2 Å². The summed E-state index contributed by atoms with van der Waals surface area (Å²) >= 11 is 0. The van der Waals surface area contributed by atoms with Crippen molar-refractivity contribution in [1.82, 2.24) is 0 Å². The number of carbonyl (C=O) groups excluding carboxylic acids is 1. The van der Waals surface area contributed by atoms with Crippen LogP contribution >= 0.6 is 7.82 Å². The standard InChI is InChI=1S/C50H96NO9P/c1-3-5-7-9-11-13-15-17-19-20-21-22-23-24-25-26-27-29-31-33-35-37-39-41-43-57-44-47(45-58-61(55,56)59-46-48(51)50(53)54)60-49(52)42-40-38-36-34-32-30-28-18-16-14-12-10-8-6-4-2/h12,14,18,28,47-48H,3-11,13,15-17,19-27,29-46,51H2,1-2H3,(H,53,54)(H,55,56)/b14-12-,28-18-. The second-order valence-electron chi connectivity index (χ2n) is 17.3. The summed E-state index contributed by atoms with van der Waals surface area (Å²) in [6.07, 6.45) is 52.4. The van der Waals surface area contributed by atoms with Gasteiger partial charge in [0.25, 0.3) is 0 Å². The Balaban J connectivity index is 4.07. The summed E-state index contributed by atoms with van der Waals surface area (Å²) in [6, 6.07) is -1.47. The number of unbranched alkanes of at least 4 members (excludes halogenated alkanes) is 31. The average molecular weight is 886 g/mol. The van der Waals surface area contributed by atoms with Gasteiger partial charge in [-0.2, -0.15) is 0 Å². The fourth-order valence-electron chi connectivity index (χ4n) is 7.28. The van der Waals surface area contributed by atoms with Gasteiger partial charge >= 0.3 is 19.8 Å². The van der Waals surface area contributed by atoms with Gasteiger partial charge in [-0.3, -0.25) is 18.6 Å². The van der Waals surface area contributed by atoms with Gasteiger partial charge in [-0.25, -0.2) is 4.57 Å². The molecule has 0 fully saturated rings. The Morgan fingerprint density at radius 3 is 1.36 bits per heavy atom. The normalized spacial score (nSPS) is 13.9. The van der Waals surface area contributed by atoms with Crippen LogP contribution in [-0.2, 0) is 32.7 Å². The van der Waals surface area contributed by atoms with Crippen molar-refractivity contribution in [1.29, 1.82) is 0 Å². The third kappa shape index (κ3) is 46.3. The van der Waals surface area contributed by atoms with E-state index in [1.165, 1.54) is 161 Å². The van der Waals surface area contributed by atoms with E-state index in [-0.39, 0.29) is 13.0 Å². The van der Waals surface area contributed by atoms with Crippen LogP contribution in [0.25, 0.3) is 0 Å². The number of allylic oxidation sites excluding steroid dienone is 4. The van der Waals surface area contributed by atoms with Crippen molar-refractivity contribution >= 4 is 19.8 Å². The van der Waals surface area contributed by atoms with E-state index in [9.17, 15) is 19.0 Å². The van der Waals surface area contributed by atoms with Crippen LogP contribution in [0, 0.1) is 0 Å². The molecule has 11 heteroatoms. The summed E-state index contributed by atoms with van der Waals surface area (Å²) in [6.45, 7) is 3.88. The quantitative estimate of drug-likeness (QED) is 0.0233. The molecule has 4 N–H and O–H groups in total. The summed E-state index contributed by atoms with van der Waals surface area (Å²) < 4.78 is 33.5. The molecule has 0 aliphatic carbocycles. The molecule has 0 aliphatic rings. The molecule has 0 spiro atoms. The van der Waals surface area contributed by atoms with Crippen LogP contribution in [0.3, 0.4) is 0 Å². The van der Waals surface area contributed by atoms with E-state index < -0.39 is 45.1 Å². The van der Waals surface area contributed by atoms with Crippen LogP contribution in [0.4, 0.5) is 0 Å². The maximum absolute atomic E-state index is 12.7. The number of carboxylic acid groups (broad SMARTS) is 1. The smallest absolute Gasteiger partial charge is 0.472 e. The second kappa shape index (κ2) is 46.4. The highest BCUT2D eigenvalue weighted by Crippen LogP contribution is 2.43. The van der Waals surface area contributed by atoms with E-state index in [4.69, 9.17) is 29.4 Å². The zero-order valence-corrected chi connectivity index (χ0v) is 40.4. The minimum atomic E-state index is -4.62. The van der Waals surface area contributed by atoms with Crippen molar-refractivity contribution in [2.45, 2.75) is 257 Å². The number of hydrogen-bond acceptors (Lipinski definition) is 8. The van der Waals surface area contributed by atoms with Gasteiger partial charge in [0, 0.05) is 13.0 Å². The number of esters is 1. The lowest BCUT2D eigenvalue weighted by Gasteiger charge is -2.20. The van der Waals surface area contributed by atoms with Crippen LogP contribution in [-0.4, -0.2) is 60.5 Å². The number of hydrogen-bond donors (Lipinski definition) is 3. The molecular formula is C50H96NO9P. The summed E-state index contributed by atoms with van der Waals surface area (Å²) in [7, 11) is -4.62. The first-order valence-electron chi connectivity index (χ1n) is 25.4. The fraction of sp³-hybridized carbons (Fsp3) is 0.880. The number of nitrogens with two attached hydrogens (primary N) is 1. The molecule has 0 heterocycles. The van der Waals surface area contributed by atoms with Crippen molar-refractivity contribution in [2.24, 2.45) is 5.73 Å². The Hall–Kier alpha value is -1.55. The Bertz CT molecular complexity index is 1070. The molecule has 3 unspecified atom stereocenters. The summed E-state index contributed by atoms with van der Waals surface area (Å²) in [5.74, 6) is -1.78. The molecule has 0 bridgehead atoms. The van der Waals surface area contributed by atoms with E-state index >= 15 is 0 Å².